The molecule has 0 heterocycles. The second kappa shape index (κ2) is 5.01. The zero-order chi connectivity index (χ0) is 14.3. The van der Waals surface area contributed by atoms with E-state index in [-0.39, 0.29) is 30.0 Å². The lowest BCUT2D eigenvalue weighted by atomic mass is 9.45. The second-order valence-corrected chi connectivity index (χ2v) is 7.68. The Balaban J connectivity index is 2.36. The van der Waals surface area contributed by atoms with Crippen LogP contribution in [0.25, 0.3) is 0 Å². The fraction of sp³-hybridized carbons (Fsp3) is 1.00. The van der Waals surface area contributed by atoms with Gasteiger partial charge in [0.05, 0.1) is 5.60 Å². The SMILES string of the molecule is C[C@@]1(CO)CCC[C@@]2(C)C1CC[C@@](C)(O)[C@@H]2CCO. The van der Waals surface area contributed by atoms with Crippen LogP contribution >= 0.6 is 0 Å². The third-order valence-electron chi connectivity index (χ3n) is 6.37. The van der Waals surface area contributed by atoms with Gasteiger partial charge in [0.15, 0.2) is 0 Å². The van der Waals surface area contributed by atoms with Crippen LogP contribution in [0.5, 0.6) is 0 Å². The van der Waals surface area contributed by atoms with Crippen molar-refractivity contribution in [1.29, 1.82) is 0 Å². The monoisotopic (exact) mass is 270 g/mol. The average molecular weight is 270 g/mol. The first kappa shape index (κ1) is 15.3. The molecule has 2 aliphatic rings. The molecule has 1 unspecified atom stereocenters. The van der Waals surface area contributed by atoms with Crippen LogP contribution in [0.2, 0.25) is 0 Å². The van der Waals surface area contributed by atoms with Crippen molar-refractivity contribution in [3.63, 3.8) is 0 Å². The molecule has 2 aliphatic carbocycles. The third-order valence-corrected chi connectivity index (χ3v) is 6.37. The summed E-state index contributed by atoms with van der Waals surface area (Å²) in [5.74, 6) is 0.588. The van der Waals surface area contributed by atoms with E-state index in [9.17, 15) is 15.3 Å². The molecule has 0 aromatic heterocycles. The smallest absolute Gasteiger partial charge is 0.0654 e. The van der Waals surface area contributed by atoms with Gasteiger partial charge in [-0.1, -0.05) is 20.3 Å². The van der Waals surface area contributed by atoms with Gasteiger partial charge < -0.3 is 15.3 Å². The number of aliphatic hydroxyl groups excluding tert-OH is 2. The molecule has 112 valence electrons. The van der Waals surface area contributed by atoms with E-state index in [4.69, 9.17) is 0 Å². The Labute approximate surface area is 117 Å². The van der Waals surface area contributed by atoms with Crippen molar-refractivity contribution >= 4 is 0 Å². The first-order valence-electron chi connectivity index (χ1n) is 7.74. The van der Waals surface area contributed by atoms with Crippen LogP contribution in [0.15, 0.2) is 0 Å². The molecule has 5 atom stereocenters. The van der Waals surface area contributed by atoms with Crippen LogP contribution in [0.3, 0.4) is 0 Å². The average Bonchev–Trinajstić information content (AvgIpc) is 2.33. The highest BCUT2D eigenvalue weighted by Crippen LogP contribution is 2.62. The zero-order valence-corrected chi connectivity index (χ0v) is 12.7. The maximum Gasteiger partial charge on any atom is 0.0654 e. The van der Waals surface area contributed by atoms with Crippen molar-refractivity contribution in [2.45, 2.75) is 64.9 Å². The summed E-state index contributed by atoms with van der Waals surface area (Å²) in [5.41, 5.74) is -0.654. The molecule has 0 aromatic carbocycles. The summed E-state index contributed by atoms with van der Waals surface area (Å²) in [7, 11) is 0. The van der Waals surface area contributed by atoms with E-state index in [0.29, 0.717) is 12.3 Å². The van der Waals surface area contributed by atoms with Gasteiger partial charge in [-0.15, -0.1) is 0 Å². The summed E-state index contributed by atoms with van der Waals surface area (Å²) in [6.45, 7) is 6.78. The lowest BCUT2D eigenvalue weighted by Gasteiger charge is -2.61. The van der Waals surface area contributed by atoms with Crippen LogP contribution in [0, 0.1) is 22.7 Å². The topological polar surface area (TPSA) is 60.7 Å². The predicted molar refractivity (Wildman–Crippen MR) is 75.7 cm³/mol. The van der Waals surface area contributed by atoms with Gasteiger partial charge in [-0.25, -0.2) is 0 Å². The Morgan fingerprint density at radius 2 is 1.74 bits per heavy atom. The highest BCUT2D eigenvalue weighted by molar-refractivity contribution is 5.08. The van der Waals surface area contributed by atoms with E-state index in [0.717, 1.165) is 32.1 Å². The van der Waals surface area contributed by atoms with E-state index in [2.05, 4.69) is 13.8 Å². The Morgan fingerprint density at radius 3 is 2.32 bits per heavy atom. The predicted octanol–water partition coefficient (Wildman–Crippen LogP) is 2.33. The summed E-state index contributed by atoms with van der Waals surface area (Å²) in [4.78, 5) is 0. The Morgan fingerprint density at radius 1 is 1.05 bits per heavy atom. The van der Waals surface area contributed by atoms with Crippen molar-refractivity contribution in [2.75, 3.05) is 13.2 Å². The molecule has 2 rings (SSSR count). The van der Waals surface area contributed by atoms with E-state index >= 15 is 0 Å². The highest BCUT2D eigenvalue weighted by atomic mass is 16.3. The van der Waals surface area contributed by atoms with Crippen molar-refractivity contribution in [2.24, 2.45) is 22.7 Å². The van der Waals surface area contributed by atoms with Crippen LogP contribution in [0.4, 0.5) is 0 Å². The van der Waals surface area contributed by atoms with Gasteiger partial charge in [-0.2, -0.15) is 0 Å². The Hall–Kier alpha value is -0.120. The standard InChI is InChI=1S/C16H30O3/c1-14(11-18)7-4-8-15(2)12(14)5-9-16(3,19)13(15)6-10-17/h12-13,17-19H,4-11H2,1-3H3/t12?,13-,14+,15+,16-/m1/s1. The number of aliphatic hydroxyl groups is 3. The Kier molecular flexibility index (Phi) is 4.03. The van der Waals surface area contributed by atoms with E-state index in [1.807, 2.05) is 6.92 Å². The molecule has 0 aliphatic heterocycles. The van der Waals surface area contributed by atoms with Gasteiger partial charge >= 0.3 is 0 Å². The van der Waals surface area contributed by atoms with Gasteiger partial charge in [0.1, 0.15) is 0 Å². The van der Waals surface area contributed by atoms with Crippen LogP contribution < -0.4 is 0 Å². The number of fused-ring (bicyclic) bond motifs is 1. The molecule has 2 fully saturated rings. The lowest BCUT2D eigenvalue weighted by Crippen LogP contribution is -2.59. The van der Waals surface area contributed by atoms with Crippen molar-refractivity contribution in [3.8, 4) is 0 Å². The third kappa shape index (κ3) is 2.34. The number of hydrogen-bond acceptors (Lipinski definition) is 3. The second-order valence-electron chi connectivity index (χ2n) is 7.68. The summed E-state index contributed by atoms with van der Waals surface area (Å²) in [6, 6.07) is 0. The largest absolute Gasteiger partial charge is 0.396 e. The van der Waals surface area contributed by atoms with Crippen LogP contribution in [-0.2, 0) is 0 Å². The first-order chi connectivity index (χ1) is 8.80. The minimum Gasteiger partial charge on any atom is -0.396 e. The fourth-order valence-electron chi connectivity index (χ4n) is 5.39. The summed E-state index contributed by atoms with van der Waals surface area (Å²) in [5, 5.41) is 30.0. The summed E-state index contributed by atoms with van der Waals surface area (Å²) < 4.78 is 0. The van der Waals surface area contributed by atoms with Gasteiger partial charge in [-0.05, 0) is 61.7 Å². The van der Waals surface area contributed by atoms with Gasteiger partial charge in [-0.3, -0.25) is 0 Å². The first-order valence-corrected chi connectivity index (χ1v) is 7.74. The van der Waals surface area contributed by atoms with Crippen molar-refractivity contribution < 1.29 is 15.3 Å². The fourth-order valence-corrected chi connectivity index (χ4v) is 5.39. The van der Waals surface area contributed by atoms with Crippen LogP contribution in [0.1, 0.15) is 59.3 Å². The summed E-state index contributed by atoms with van der Waals surface area (Å²) in [6.07, 6.45) is 5.74. The van der Waals surface area contributed by atoms with Crippen LogP contribution in [-0.4, -0.2) is 34.1 Å². The highest BCUT2D eigenvalue weighted by Gasteiger charge is 2.58. The lowest BCUT2D eigenvalue weighted by molar-refractivity contribution is -0.181. The molecule has 3 nitrogen and oxygen atoms in total. The minimum absolute atomic E-state index is 0.0167. The molecule has 0 amide bonds. The normalized spacial score (nSPS) is 50.8. The van der Waals surface area contributed by atoms with Crippen molar-refractivity contribution in [1.82, 2.24) is 0 Å². The van der Waals surface area contributed by atoms with Crippen molar-refractivity contribution in [3.05, 3.63) is 0 Å². The molecule has 0 saturated heterocycles. The Bertz CT molecular complexity index is 324. The molecule has 0 bridgehead atoms. The van der Waals surface area contributed by atoms with Gasteiger partial charge in [0.25, 0.3) is 0 Å². The molecule has 3 N–H and O–H groups in total. The maximum atomic E-state index is 10.7. The summed E-state index contributed by atoms with van der Waals surface area (Å²) >= 11 is 0. The molecule has 2 saturated carbocycles. The zero-order valence-electron chi connectivity index (χ0n) is 12.7. The maximum absolute atomic E-state index is 10.7. The van der Waals surface area contributed by atoms with E-state index in [1.54, 1.807) is 0 Å². The molecule has 0 aromatic rings. The molecule has 19 heavy (non-hydrogen) atoms. The molecule has 0 radical (unpaired) electrons. The van der Waals surface area contributed by atoms with Gasteiger partial charge in [0.2, 0.25) is 0 Å². The minimum atomic E-state index is -0.679. The molecule has 0 spiro atoms. The molecular weight excluding hydrogens is 240 g/mol. The number of hydrogen-bond donors (Lipinski definition) is 3. The van der Waals surface area contributed by atoms with Gasteiger partial charge in [0, 0.05) is 13.2 Å². The van der Waals surface area contributed by atoms with E-state index < -0.39 is 5.60 Å². The van der Waals surface area contributed by atoms with E-state index in [1.165, 1.54) is 0 Å². The molecule has 3 heteroatoms. The quantitative estimate of drug-likeness (QED) is 0.737. The number of rotatable bonds is 3. The molecular formula is C16H30O3.